The molecule has 0 spiro atoms. The Hall–Kier alpha value is -2.08. The molecule has 0 saturated carbocycles. The van der Waals surface area contributed by atoms with Crippen molar-refractivity contribution in [2.45, 2.75) is 25.4 Å². The molecule has 0 amide bonds. The van der Waals surface area contributed by atoms with Gasteiger partial charge in [0.1, 0.15) is 5.82 Å². The van der Waals surface area contributed by atoms with Crippen molar-refractivity contribution in [3.05, 3.63) is 53.2 Å². The molecule has 0 bridgehead atoms. The number of hydrogen-bond donors (Lipinski definition) is 2. The van der Waals surface area contributed by atoms with Gasteiger partial charge in [-0.3, -0.25) is 4.99 Å². The molecule has 0 aliphatic carbocycles. The normalized spacial score (nSPS) is 16.2. The highest BCUT2D eigenvalue weighted by molar-refractivity contribution is 7.14. The van der Waals surface area contributed by atoms with Gasteiger partial charge in [0.25, 0.3) is 0 Å². The number of thiophene rings is 1. The molecule has 2 heterocycles. The van der Waals surface area contributed by atoms with Gasteiger partial charge in [0.05, 0.1) is 5.00 Å². The van der Waals surface area contributed by atoms with Crippen LogP contribution in [-0.2, 0) is 6.54 Å². The Labute approximate surface area is 146 Å². The first-order valence-corrected chi connectivity index (χ1v) is 9.12. The molecule has 0 unspecified atom stereocenters. The summed E-state index contributed by atoms with van der Waals surface area (Å²) in [6, 6.07) is 11.2. The van der Waals surface area contributed by atoms with Gasteiger partial charge in [-0.15, -0.1) is 11.3 Å². The van der Waals surface area contributed by atoms with Crippen LogP contribution < -0.4 is 15.5 Å². The summed E-state index contributed by atoms with van der Waals surface area (Å²) < 4.78 is 12.9. The maximum absolute atomic E-state index is 12.9. The molecule has 1 aliphatic heterocycles. The van der Waals surface area contributed by atoms with Crippen LogP contribution in [0.4, 0.5) is 9.39 Å². The second kappa shape index (κ2) is 8.15. The minimum absolute atomic E-state index is 0.209. The standard InChI is InChI=1S/C18H23FN4S/c1-20-18(21-13-14-4-6-15(19)7-5-14)22-16-8-10-23(11-9-16)17-3-2-12-24-17/h2-7,12,16H,8-11,13H2,1H3,(H2,20,21,22). The smallest absolute Gasteiger partial charge is 0.191 e. The molecule has 1 fully saturated rings. The largest absolute Gasteiger partial charge is 0.363 e. The van der Waals surface area contributed by atoms with Crippen molar-refractivity contribution in [3.8, 4) is 0 Å². The molecule has 24 heavy (non-hydrogen) atoms. The Bertz CT molecular complexity index is 646. The van der Waals surface area contributed by atoms with Crippen molar-refractivity contribution >= 4 is 22.3 Å². The van der Waals surface area contributed by atoms with E-state index in [1.54, 1.807) is 30.5 Å². The Morgan fingerprint density at radius 3 is 2.62 bits per heavy atom. The van der Waals surface area contributed by atoms with Crippen LogP contribution in [-0.4, -0.2) is 32.1 Å². The summed E-state index contributed by atoms with van der Waals surface area (Å²) in [6.07, 6.45) is 2.18. The Balaban J connectivity index is 1.45. The van der Waals surface area contributed by atoms with Crippen LogP contribution in [0.2, 0.25) is 0 Å². The van der Waals surface area contributed by atoms with Crippen molar-refractivity contribution in [2.75, 3.05) is 25.0 Å². The highest BCUT2D eigenvalue weighted by Gasteiger charge is 2.20. The van der Waals surface area contributed by atoms with E-state index in [4.69, 9.17) is 0 Å². The SMILES string of the molecule is CN=C(NCc1ccc(F)cc1)NC1CCN(c2cccs2)CC1. The van der Waals surface area contributed by atoms with Crippen LogP contribution >= 0.6 is 11.3 Å². The Morgan fingerprint density at radius 1 is 1.25 bits per heavy atom. The topological polar surface area (TPSA) is 39.7 Å². The monoisotopic (exact) mass is 346 g/mol. The van der Waals surface area contributed by atoms with Gasteiger partial charge in [0, 0.05) is 32.7 Å². The Kier molecular flexibility index (Phi) is 5.69. The zero-order valence-electron chi connectivity index (χ0n) is 13.8. The van der Waals surface area contributed by atoms with Gasteiger partial charge in [-0.1, -0.05) is 12.1 Å². The lowest BCUT2D eigenvalue weighted by Crippen LogP contribution is -2.48. The summed E-state index contributed by atoms with van der Waals surface area (Å²) in [5.41, 5.74) is 1.03. The van der Waals surface area contributed by atoms with Crippen LogP contribution in [0.25, 0.3) is 0 Å². The van der Waals surface area contributed by atoms with Crippen molar-refractivity contribution in [2.24, 2.45) is 4.99 Å². The molecule has 2 aromatic rings. The predicted molar refractivity (Wildman–Crippen MR) is 99.3 cm³/mol. The van der Waals surface area contributed by atoms with Crippen LogP contribution in [0.5, 0.6) is 0 Å². The molecule has 128 valence electrons. The molecule has 4 nitrogen and oxygen atoms in total. The number of halogens is 1. The molecule has 2 N–H and O–H groups in total. The zero-order chi connectivity index (χ0) is 16.8. The summed E-state index contributed by atoms with van der Waals surface area (Å²) in [5, 5.41) is 10.3. The van der Waals surface area contributed by atoms with Gasteiger partial charge in [-0.2, -0.15) is 0 Å². The van der Waals surface area contributed by atoms with Gasteiger partial charge < -0.3 is 15.5 Å². The first-order chi connectivity index (χ1) is 11.7. The summed E-state index contributed by atoms with van der Waals surface area (Å²) in [5.74, 6) is 0.590. The van der Waals surface area contributed by atoms with Gasteiger partial charge >= 0.3 is 0 Å². The van der Waals surface area contributed by atoms with E-state index < -0.39 is 0 Å². The second-order valence-corrected chi connectivity index (χ2v) is 6.84. The maximum Gasteiger partial charge on any atom is 0.191 e. The molecular formula is C18H23FN4S. The van der Waals surface area contributed by atoms with Crippen LogP contribution in [0.1, 0.15) is 18.4 Å². The fourth-order valence-electron chi connectivity index (χ4n) is 2.87. The molecule has 0 atom stereocenters. The number of hydrogen-bond acceptors (Lipinski definition) is 3. The number of benzene rings is 1. The number of aliphatic imine (C=N–C) groups is 1. The molecule has 6 heteroatoms. The molecule has 1 aromatic heterocycles. The summed E-state index contributed by atoms with van der Waals surface area (Å²) in [4.78, 5) is 6.73. The van der Waals surface area contributed by atoms with E-state index in [1.807, 2.05) is 0 Å². The van der Waals surface area contributed by atoms with Gasteiger partial charge in [0.2, 0.25) is 0 Å². The molecular weight excluding hydrogens is 323 g/mol. The van der Waals surface area contributed by atoms with Crippen LogP contribution in [0.3, 0.4) is 0 Å². The highest BCUT2D eigenvalue weighted by Crippen LogP contribution is 2.24. The average molecular weight is 346 g/mol. The third-order valence-corrected chi connectivity index (χ3v) is 5.18. The quantitative estimate of drug-likeness (QED) is 0.660. The van der Waals surface area contributed by atoms with Crippen LogP contribution in [0.15, 0.2) is 46.8 Å². The zero-order valence-corrected chi connectivity index (χ0v) is 14.7. The van der Waals surface area contributed by atoms with E-state index in [0.717, 1.165) is 37.5 Å². The van der Waals surface area contributed by atoms with E-state index in [-0.39, 0.29) is 5.82 Å². The lowest BCUT2D eigenvalue weighted by Gasteiger charge is -2.33. The number of guanidine groups is 1. The number of piperidine rings is 1. The summed E-state index contributed by atoms with van der Waals surface area (Å²) in [6.45, 7) is 2.76. The van der Waals surface area contributed by atoms with E-state index >= 15 is 0 Å². The van der Waals surface area contributed by atoms with E-state index in [9.17, 15) is 4.39 Å². The molecule has 1 aromatic carbocycles. The molecule has 0 radical (unpaired) electrons. The molecule has 1 aliphatic rings. The van der Waals surface area contributed by atoms with Crippen molar-refractivity contribution < 1.29 is 4.39 Å². The third kappa shape index (κ3) is 4.47. The molecule has 3 rings (SSSR count). The van der Waals surface area contributed by atoms with E-state index in [2.05, 4.69) is 38.0 Å². The average Bonchev–Trinajstić information content (AvgIpc) is 3.15. The summed E-state index contributed by atoms with van der Waals surface area (Å²) >= 11 is 1.80. The number of rotatable bonds is 4. The van der Waals surface area contributed by atoms with Gasteiger partial charge in [-0.05, 0) is 48.1 Å². The molecule has 1 saturated heterocycles. The number of nitrogens with one attached hydrogen (secondary N) is 2. The van der Waals surface area contributed by atoms with Crippen molar-refractivity contribution in [1.29, 1.82) is 0 Å². The first kappa shape index (κ1) is 16.8. The summed E-state index contributed by atoms with van der Waals surface area (Å²) in [7, 11) is 1.78. The van der Waals surface area contributed by atoms with Crippen LogP contribution in [0, 0.1) is 5.82 Å². The third-order valence-electron chi connectivity index (χ3n) is 4.25. The highest BCUT2D eigenvalue weighted by atomic mass is 32.1. The minimum atomic E-state index is -0.209. The van der Waals surface area contributed by atoms with E-state index in [1.165, 1.54) is 17.1 Å². The van der Waals surface area contributed by atoms with Crippen molar-refractivity contribution in [3.63, 3.8) is 0 Å². The minimum Gasteiger partial charge on any atom is -0.363 e. The maximum atomic E-state index is 12.9. The fourth-order valence-corrected chi connectivity index (χ4v) is 3.66. The van der Waals surface area contributed by atoms with Gasteiger partial charge in [-0.25, -0.2) is 4.39 Å². The van der Waals surface area contributed by atoms with E-state index in [0.29, 0.717) is 12.6 Å². The van der Waals surface area contributed by atoms with Crippen molar-refractivity contribution in [1.82, 2.24) is 10.6 Å². The fraction of sp³-hybridized carbons (Fsp3) is 0.389. The first-order valence-electron chi connectivity index (χ1n) is 8.24. The predicted octanol–water partition coefficient (Wildman–Crippen LogP) is 3.22. The number of anilines is 1. The lowest BCUT2D eigenvalue weighted by atomic mass is 10.1. The van der Waals surface area contributed by atoms with Gasteiger partial charge in [0.15, 0.2) is 5.96 Å². The Morgan fingerprint density at radius 2 is 2.00 bits per heavy atom. The number of nitrogens with zero attached hydrogens (tertiary/aromatic N) is 2. The second-order valence-electron chi connectivity index (χ2n) is 5.91. The lowest BCUT2D eigenvalue weighted by molar-refractivity contribution is 0.463.